The molecule has 0 fully saturated rings. The van der Waals surface area contributed by atoms with Crippen LogP contribution in [-0.2, 0) is 0 Å². The third-order valence-corrected chi connectivity index (χ3v) is 2.45. The molecule has 0 aromatic rings. The highest BCUT2D eigenvalue weighted by atomic mass is 15.3. The second kappa shape index (κ2) is 3.74. The number of likely N-dealkylation sites (N-methyl/N-ethyl adjacent to an activating group) is 2. The van der Waals surface area contributed by atoms with Crippen LogP contribution in [0.25, 0.3) is 0 Å². The Morgan fingerprint density at radius 1 is 1.36 bits per heavy atom. The topological polar surface area (TPSA) is 6.25 Å². The second-order valence-corrected chi connectivity index (χ2v) is 2.93. The van der Waals surface area contributed by atoms with Gasteiger partial charge in [-0.2, -0.15) is 0 Å². The lowest BCUT2D eigenvalue weighted by molar-refractivity contribution is -0.515. The van der Waals surface area contributed by atoms with E-state index in [0.717, 1.165) is 0 Å². The van der Waals surface area contributed by atoms with E-state index in [1.807, 2.05) is 0 Å². The highest BCUT2D eigenvalue weighted by molar-refractivity contribution is 5.78. The van der Waals surface area contributed by atoms with Crippen LogP contribution in [0.2, 0.25) is 0 Å². The third-order valence-electron chi connectivity index (χ3n) is 2.45. The van der Waals surface area contributed by atoms with Crippen molar-refractivity contribution in [3.63, 3.8) is 0 Å². The molecule has 2 nitrogen and oxygen atoms in total. The molecule has 1 heterocycles. The molecule has 0 aromatic carbocycles. The molecule has 64 valence electrons. The fourth-order valence-corrected chi connectivity index (χ4v) is 1.83. The third kappa shape index (κ3) is 1.55. The summed E-state index contributed by atoms with van der Waals surface area (Å²) in [5, 5.41) is 0. The predicted octanol–water partition coefficient (Wildman–Crippen LogP) is 1.16. The zero-order valence-electron chi connectivity index (χ0n) is 7.93. The molecule has 2 heteroatoms. The summed E-state index contributed by atoms with van der Waals surface area (Å²) in [6.45, 7) is 11.5. The van der Waals surface area contributed by atoms with Crippen molar-refractivity contribution in [3.8, 4) is 0 Å². The van der Waals surface area contributed by atoms with Gasteiger partial charge in [-0.25, -0.2) is 0 Å². The van der Waals surface area contributed by atoms with Gasteiger partial charge < -0.3 is 0 Å². The largest absolute Gasteiger partial charge is 0.262 e. The van der Waals surface area contributed by atoms with Crippen molar-refractivity contribution < 1.29 is 4.58 Å². The van der Waals surface area contributed by atoms with Gasteiger partial charge in [0.15, 0.2) is 0 Å². The molecule has 0 aromatic heterocycles. The Morgan fingerprint density at radius 2 is 2.09 bits per heavy atom. The Kier molecular flexibility index (Phi) is 2.92. The van der Waals surface area contributed by atoms with Gasteiger partial charge in [0.1, 0.15) is 13.1 Å². The SMILES string of the molecule is CCC1=[N+](CC)CCN1CC. The number of hydrogen-bond donors (Lipinski definition) is 0. The first kappa shape index (κ1) is 8.57. The summed E-state index contributed by atoms with van der Waals surface area (Å²) >= 11 is 0. The minimum absolute atomic E-state index is 1.17. The maximum atomic E-state index is 2.48. The van der Waals surface area contributed by atoms with Crippen LogP contribution in [0.5, 0.6) is 0 Å². The Morgan fingerprint density at radius 3 is 2.55 bits per heavy atom. The molecule has 0 saturated carbocycles. The average molecular weight is 155 g/mol. The molecular weight excluding hydrogens is 136 g/mol. The Bertz CT molecular complexity index is 161. The normalized spacial score (nSPS) is 18.3. The quantitative estimate of drug-likeness (QED) is 0.554. The van der Waals surface area contributed by atoms with Crippen LogP contribution in [0.1, 0.15) is 27.2 Å². The Balaban J connectivity index is 2.70. The maximum Gasteiger partial charge on any atom is 0.246 e. The van der Waals surface area contributed by atoms with E-state index >= 15 is 0 Å². The predicted molar refractivity (Wildman–Crippen MR) is 48.2 cm³/mol. The highest BCUT2D eigenvalue weighted by Crippen LogP contribution is 2.03. The molecule has 0 atom stereocenters. The molecule has 0 N–H and O–H groups in total. The fourth-order valence-electron chi connectivity index (χ4n) is 1.83. The monoisotopic (exact) mass is 155 g/mol. The van der Waals surface area contributed by atoms with Crippen molar-refractivity contribution in [1.82, 2.24) is 4.90 Å². The Labute approximate surface area is 69.5 Å². The van der Waals surface area contributed by atoms with E-state index in [9.17, 15) is 0 Å². The van der Waals surface area contributed by atoms with E-state index in [1.165, 1.54) is 38.4 Å². The summed E-state index contributed by atoms with van der Waals surface area (Å²) in [7, 11) is 0. The van der Waals surface area contributed by atoms with E-state index < -0.39 is 0 Å². The van der Waals surface area contributed by atoms with Crippen molar-refractivity contribution in [3.05, 3.63) is 0 Å². The smallest absolute Gasteiger partial charge is 0.246 e. The summed E-state index contributed by atoms with van der Waals surface area (Å²) in [5.41, 5.74) is 0. The number of hydrogen-bond acceptors (Lipinski definition) is 1. The van der Waals surface area contributed by atoms with Crippen molar-refractivity contribution >= 4 is 5.84 Å². The van der Waals surface area contributed by atoms with Gasteiger partial charge in [-0.1, -0.05) is 6.92 Å². The van der Waals surface area contributed by atoms with Gasteiger partial charge in [0, 0.05) is 6.42 Å². The summed E-state index contributed by atoms with van der Waals surface area (Å²) in [6, 6.07) is 0. The summed E-state index contributed by atoms with van der Waals surface area (Å²) < 4.78 is 2.48. The lowest BCUT2D eigenvalue weighted by Crippen LogP contribution is -2.28. The van der Waals surface area contributed by atoms with Crippen molar-refractivity contribution in [2.45, 2.75) is 27.2 Å². The summed E-state index contributed by atoms with van der Waals surface area (Å²) in [6.07, 6.45) is 1.18. The summed E-state index contributed by atoms with van der Waals surface area (Å²) in [5.74, 6) is 1.54. The van der Waals surface area contributed by atoms with Crippen LogP contribution in [0.15, 0.2) is 0 Å². The maximum absolute atomic E-state index is 2.48. The summed E-state index contributed by atoms with van der Waals surface area (Å²) in [4.78, 5) is 2.48. The molecule has 0 radical (unpaired) electrons. The lowest BCUT2D eigenvalue weighted by atomic mass is 10.4. The van der Waals surface area contributed by atoms with Gasteiger partial charge in [0.2, 0.25) is 5.84 Å². The van der Waals surface area contributed by atoms with Gasteiger partial charge in [-0.05, 0) is 13.8 Å². The van der Waals surface area contributed by atoms with Crippen molar-refractivity contribution in [2.75, 3.05) is 26.2 Å². The van der Waals surface area contributed by atoms with Crippen molar-refractivity contribution in [2.24, 2.45) is 0 Å². The fraction of sp³-hybridized carbons (Fsp3) is 0.889. The van der Waals surface area contributed by atoms with Crippen LogP contribution in [-0.4, -0.2) is 41.5 Å². The molecule has 0 aliphatic carbocycles. The molecule has 1 aliphatic rings. The first-order chi connectivity index (χ1) is 5.33. The number of rotatable bonds is 3. The van der Waals surface area contributed by atoms with E-state index in [-0.39, 0.29) is 0 Å². The molecule has 0 spiro atoms. The Hall–Kier alpha value is -0.530. The van der Waals surface area contributed by atoms with Crippen LogP contribution < -0.4 is 0 Å². The van der Waals surface area contributed by atoms with E-state index in [2.05, 4.69) is 30.2 Å². The first-order valence-electron chi connectivity index (χ1n) is 4.69. The molecule has 0 bridgehead atoms. The minimum Gasteiger partial charge on any atom is -0.262 e. The molecule has 1 aliphatic heterocycles. The second-order valence-electron chi connectivity index (χ2n) is 2.93. The zero-order valence-corrected chi connectivity index (χ0v) is 7.93. The number of nitrogens with zero attached hydrogens (tertiary/aromatic N) is 2. The van der Waals surface area contributed by atoms with Gasteiger partial charge in [-0.15, -0.1) is 0 Å². The van der Waals surface area contributed by atoms with Crippen LogP contribution >= 0.6 is 0 Å². The first-order valence-corrected chi connectivity index (χ1v) is 4.69. The van der Waals surface area contributed by atoms with Gasteiger partial charge >= 0.3 is 0 Å². The molecule has 0 unspecified atom stereocenters. The van der Waals surface area contributed by atoms with E-state index in [4.69, 9.17) is 0 Å². The lowest BCUT2D eigenvalue weighted by Gasteiger charge is -2.08. The van der Waals surface area contributed by atoms with Gasteiger partial charge in [0.05, 0.1) is 13.1 Å². The highest BCUT2D eigenvalue weighted by Gasteiger charge is 2.25. The minimum atomic E-state index is 1.17. The van der Waals surface area contributed by atoms with Crippen molar-refractivity contribution in [1.29, 1.82) is 0 Å². The standard InChI is InChI=1S/C9H19N2/c1-4-9-10(5-2)7-8-11(9)6-3/h4-8H2,1-3H3/q+1. The zero-order chi connectivity index (χ0) is 8.27. The molecule has 0 amide bonds. The molecular formula is C9H19N2+. The van der Waals surface area contributed by atoms with Gasteiger partial charge in [-0.3, -0.25) is 9.48 Å². The molecule has 0 saturated heterocycles. The average Bonchev–Trinajstić information content (AvgIpc) is 2.45. The molecule has 1 rings (SSSR count). The number of amidine groups is 1. The molecule has 11 heavy (non-hydrogen) atoms. The van der Waals surface area contributed by atoms with Gasteiger partial charge in [0.25, 0.3) is 0 Å². The van der Waals surface area contributed by atoms with Crippen LogP contribution in [0.4, 0.5) is 0 Å². The van der Waals surface area contributed by atoms with Crippen LogP contribution in [0.3, 0.4) is 0 Å². The van der Waals surface area contributed by atoms with E-state index in [0.29, 0.717) is 0 Å². The van der Waals surface area contributed by atoms with Crippen LogP contribution in [0, 0.1) is 0 Å². The van der Waals surface area contributed by atoms with E-state index in [1.54, 1.807) is 0 Å².